The van der Waals surface area contributed by atoms with Crippen molar-refractivity contribution in [1.82, 2.24) is 5.32 Å². The molecule has 0 aromatic heterocycles. The standard InChI is InChI=1S/C19H29NO3/c1-4-18(22,5-2)14-20-17(21)19(11-6-7-12-19)15-9-8-10-16(13-15)23-3/h8-10,13,22H,4-7,11-12,14H2,1-3H3,(H,20,21). The Bertz CT molecular complexity index is 531. The highest BCUT2D eigenvalue weighted by Gasteiger charge is 2.43. The number of carbonyl (C=O) groups is 1. The van der Waals surface area contributed by atoms with Crippen molar-refractivity contribution in [3.05, 3.63) is 29.8 Å². The molecule has 1 aliphatic rings. The molecule has 1 saturated carbocycles. The zero-order valence-corrected chi connectivity index (χ0v) is 14.5. The number of methoxy groups -OCH3 is 1. The lowest BCUT2D eigenvalue weighted by Gasteiger charge is -2.32. The first-order chi connectivity index (χ1) is 11.0. The van der Waals surface area contributed by atoms with Crippen LogP contribution in [0.2, 0.25) is 0 Å². The first-order valence-corrected chi connectivity index (χ1v) is 8.65. The van der Waals surface area contributed by atoms with E-state index in [0.717, 1.165) is 37.0 Å². The minimum absolute atomic E-state index is 0.0311. The van der Waals surface area contributed by atoms with Crippen LogP contribution in [0.5, 0.6) is 5.75 Å². The third-order valence-corrected chi connectivity index (χ3v) is 5.41. The smallest absolute Gasteiger partial charge is 0.230 e. The molecule has 0 heterocycles. The number of aliphatic hydroxyl groups is 1. The molecule has 1 aromatic carbocycles. The van der Waals surface area contributed by atoms with Gasteiger partial charge < -0.3 is 15.2 Å². The third-order valence-electron chi connectivity index (χ3n) is 5.41. The zero-order chi connectivity index (χ0) is 16.9. The highest BCUT2D eigenvalue weighted by Crippen LogP contribution is 2.42. The van der Waals surface area contributed by atoms with E-state index >= 15 is 0 Å². The molecule has 0 unspecified atom stereocenters. The molecular weight excluding hydrogens is 290 g/mol. The maximum Gasteiger partial charge on any atom is 0.230 e. The summed E-state index contributed by atoms with van der Waals surface area (Å²) in [5.74, 6) is 0.809. The fraction of sp³-hybridized carbons (Fsp3) is 0.632. The summed E-state index contributed by atoms with van der Waals surface area (Å²) >= 11 is 0. The second-order valence-corrected chi connectivity index (χ2v) is 6.64. The molecule has 4 heteroatoms. The van der Waals surface area contributed by atoms with Gasteiger partial charge in [-0.25, -0.2) is 0 Å². The van der Waals surface area contributed by atoms with Gasteiger partial charge in [-0.15, -0.1) is 0 Å². The number of rotatable bonds is 7. The lowest BCUT2D eigenvalue weighted by molar-refractivity contribution is -0.128. The summed E-state index contributed by atoms with van der Waals surface area (Å²) in [6.07, 6.45) is 5.07. The molecular formula is C19H29NO3. The van der Waals surface area contributed by atoms with Gasteiger partial charge in [0.2, 0.25) is 5.91 Å². The Hall–Kier alpha value is -1.55. The molecule has 128 valence electrons. The minimum Gasteiger partial charge on any atom is -0.497 e. The van der Waals surface area contributed by atoms with Gasteiger partial charge in [0.1, 0.15) is 5.75 Å². The van der Waals surface area contributed by atoms with E-state index in [1.165, 1.54) is 0 Å². The minimum atomic E-state index is -0.816. The maximum atomic E-state index is 13.0. The van der Waals surface area contributed by atoms with Gasteiger partial charge in [-0.1, -0.05) is 38.8 Å². The van der Waals surface area contributed by atoms with Crippen LogP contribution in [0, 0.1) is 0 Å². The van der Waals surface area contributed by atoms with Crippen molar-refractivity contribution < 1.29 is 14.6 Å². The quantitative estimate of drug-likeness (QED) is 0.811. The molecule has 1 aromatic rings. The molecule has 2 N–H and O–H groups in total. The van der Waals surface area contributed by atoms with Gasteiger partial charge in [0.25, 0.3) is 0 Å². The molecule has 1 aliphatic carbocycles. The van der Waals surface area contributed by atoms with E-state index in [1.54, 1.807) is 7.11 Å². The first-order valence-electron chi connectivity index (χ1n) is 8.65. The second kappa shape index (κ2) is 7.35. The number of benzene rings is 1. The summed E-state index contributed by atoms with van der Waals surface area (Å²) in [4.78, 5) is 13.0. The maximum absolute atomic E-state index is 13.0. The molecule has 1 fully saturated rings. The van der Waals surface area contributed by atoms with Gasteiger partial charge in [0, 0.05) is 6.54 Å². The van der Waals surface area contributed by atoms with Crippen LogP contribution in [0.25, 0.3) is 0 Å². The van der Waals surface area contributed by atoms with Crippen molar-refractivity contribution in [3.8, 4) is 5.75 Å². The Balaban J connectivity index is 2.21. The normalized spacial score (nSPS) is 17.0. The van der Waals surface area contributed by atoms with Crippen LogP contribution in [0.4, 0.5) is 0 Å². The Morgan fingerprint density at radius 3 is 2.52 bits per heavy atom. The van der Waals surface area contributed by atoms with Crippen molar-refractivity contribution in [1.29, 1.82) is 0 Å². The largest absolute Gasteiger partial charge is 0.497 e. The predicted molar refractivity (Wildman–Crippen MR) is 91.7 cm³/mol. The van der Waals surface area contributed by atoms with E-state index in [1.807, 2.05) is 38.1 Å². The van der Waals surface area contributed by atoms with Crippen LogP contribution in [0.3, 0.4) is 0 Å². The van der Waals surface area contributed by atoms with Crippen molar-refractivity contribution in [2.45, 2.75) is 63.4 Å². The van der Waals surface area contributed by atoms with Crippen molar-refractivity contribution in [2.24, 2.45) is 0 Å². The monoisotopic (exact) mass is 319 g/mol. The number of hydrogen-bond donors (Lipinski definition) is 2. The van der Waals surface area contributed by atoms with Crippen LogP contribution >= 0.6 is 0 Å². The molecule has 0 bridgehead atoms. The Morgan fingerprint density at radius 1 is 1.30 bits per heavy atom. The first kappa shape index (κ1) is 17.8. The lowest BCUT2D eigenvalue weighted by Crippen LogP contribution is -2.49. The highest BCUT2D eigenvalue weighted by molar-refractivity contribution is 5.88. The Morgan fingerprint density at radius 2 is 1.96 bits per heavy atom. The van der Waals surface area contributed by atoms with Crippen molar-refractivity contribution in [3.63, 3.8) is 0 Å². The summed E-state index contributed by atoms with van der Waals surface area (Å²) < 4.78 is 5.32. The molecule has 0 saturated heterocycles. The molecule has 0 atom stereocenters. The summed E-state index contributed by atoms with van der Waals surface area (Å²) in [6, 6.07) is 7.82. The third kappa shape index (κ3) is 3.69. The number of ether oxygens (including phenoxy) is 1. The fourth-order valence-corrected chi connectivity index (χ4v) is 3.46. The summed E-state index contributed by atoms with van der Waals surface area (Å²) in [5, 5.41) is 13.4. The van der Waals surface area contributed by atoms with Gasteiger partial charge in [0.15, 0.2) is 0 Å². The van der Waals surface area contributed by atoms with Gasteiger partial charge in [-0.05, 0) is 43.4 Å². The summed E-state index contributed by atoms with van der Waals surface area (Å²) in [5.41, 5.74) is -0.288. The average molecular weight is 319 g/mol. The fourth-order valence-electron chi connectivity index (χ4n) is 3.46. The van der Waals surface area contributed by atoms with Crippen LogP contribution in [-0.4, -0.2) is 30.3 Å². The molecule has 23 heavy (non-hydrogen) atoms. The van der Waals surface area contributed by atoms with E-state index in [0.29, 0.717) is 19.4 Å². The van der Waals surface area contributed by atoms with E-state index in [9.17, 15) is 9.90 Å². The van der Waals surface area contributed by atoms with Crippen molar-refractivity contribution in [2.75, 3.05) is 13.7 Å². The molecule has 0 spiro atoms. The Kier molecular flexibility index (Phi) is 5.69. The van der Waals surface area contributed by atoms with Gasteiger partial charge in [-0.2, -0.15) is 0 Å². The predicted octanol–water partition coefficient (Wildman–Crippen LogP) is 3.17. The lowest BCUT2D eigenvalue weighted by atomic mass is 9.77. The van der Waals surface area contributed by atoms with E-state index in [2.05, 4.69) is 5.32 Å². The van der Waals surface area contributed by atoms with Gasteiger partial charge in [-0.3, -0.25) is 4.79 Å². The van der Waals surface area contributed by atoms with Crippen molar-refractivity contribution >= 4 is 5.91 Å². The molecule has 1 amide bonds. The van der Waals surface area contributed by atoms with E-state index in [-0.39, 0.29) is 5.91 Å². The molecule has 0 radical (unpaired) electrons. The summed E-state index contributed by atoms with van der Waals surface area (Å²) in [7, 11) is 1.64. The number of carbonyl (C=O) groups excluding carboxylic acids is 1. The van der Waals surface area contributed by atoms with Crippen LogP contribution in [0.1, 0.15) is 57.9 Å². The number of nitrogens with one attached hydrogen (secondary N) is 1. The zero-order valence-electron chi connectivity index (χ0n) is 14.5. The van der Waals surface area contributed by atoms with Gasteiger partial charge >= 0.3 is 0 Å². The second-order valence-electron chi connectivity index (χ2n) is 6.64. The number of amides is 1. The van der Waals surface area contributed by atoms with Gasteiger partial charge in [0.05, 0.1) is 18.1 Å². The van der Waals surface area contributed by atoms with E-state index in [4.69, 9.17) is 4.74 Å². The molecule has 0 aliphatic heterocycles. The van der Waals surface area contributed by atoms with Crippen LogP contribution in [-0.2, 0) is 10.2 Å². The number of hydrogen-bond acceptors (Lipinski definition) is 3. The van der Waals surface area contributed by atoms with Crippen LogP contribution in [0.15, 0.2) is 24.3 Å². The topological polar surface area (TPSA) is 58.6 Å². The van der Waals surface area contributed by atoms with E-state index < -0.39 is 11.0 Å². The average Bonchev–Trinajstić information content (AvgIpc) is 3.10. The highest BCUT2D eigenvalue weighted by atomic mass is 16.5. The Labute approximate surface area is 139 Å². The van der Waals surface area contributed by atoms with Crippen LogP contribution < -0.4 is 10.1 Å². The molecule has 2 rings (SSSR count). The molecule has 4 nitrogen and oxygen atoms in total. The summed E-state index contributed by atoms with van der Waals surface area (Å²) in [6.45, 7) is 4.21. The SMILES string of the molecule is CCC(O)(CC)CNC(=O)C1(c2cccc(OC)c2)CCCC1.